The van der Waals surface area contributed by atoms with Crippen LogP contribution in [0.1, 0.15) is 37.0 Å². The van der Waals surface area contributed by atoms with Gasteiger partial charge in [-0.2, -0.15) is 4.98 Å². The number of aromatic nitrogens is 2. The van der Waals surface area contributed by atoms with Crippen molar-refractivity contribution in [3.63, 3.8) is 0 Å². The minimum atomic E-state index is -0.230. The van der Waals surface area contributed by atoms with Gasteiger partial charge in [-0.3, -0.25) is 0 Å². The second-order valence-corrected chi connectivity index (χ2v) is 3.14. The van der Waals surface area contributed by atoms with E-state index in [1.54, 1.807) is 14.0 Å². The molecule has 0 spiro atoms. The van der Waals surface area contributed by atoms with Gasteiger partial charge in [0.15, 0.2) is 5.82 Å². The molecule has 5 heteroatoms. The monoisotopic (exact) mass is 190 g/mol. The summed E-state index contributed by atoms with van der Waals surface area (Å²) in [5.74, 6) is 0.954. The van der Waals surface area contributed by atoms with E-state index in [0.717, 1.165) is 0 Å². The number of rotatable bonds is 3. The first-order chi connectivity index (χ1) is 5.65. The Bertz CT molecular complexity index is 249. The van der Waals surface area contributed by atoms with E-state index in [9.17, 15) is 0 Å². The van der Waals surface area contributed by atoms with Gasteiger partial charge in [0.05, 0.1) is 5.38 Å². The first kappa shape index (κ1) is 9.48. The van der Waals surface area contributed by atoms with Crippen molar-refractivity contribution in [3.05, 3.63) is 11.7 Å². The molecule has 0 N–H and O–H groups in total. The molecule has 0 bridgehead atoms. The Morgan fingerprint density at radius 1 is 1.50 bits per heavy atom. The number of nitrogens with zero attached hydrogens (tertiary/aromatic N) is 2. The van der Waals surface area contributed by atoms with Crippen LogP contribution >= 0.6 is 11.6 Å². The smallest absolute Gasteiger partial charge is 0.255 e. The van der Waals surface area contributed by atoms with Gasteiger partial charge in [0.2, 0.25) is 0 Å². The molecule has 4 nitrogen and oxygen atoms in total. The quantitative estimate of drug-likeness (QED) is 0.685. The molecule has 0 aromatic carbocycles. The summed E-state index contributed by atoms with van der Waals surface area (Å²) in [6, 6.07) is 0. The van der Waals surface area contributed by atoms with Crippen LogP contribution in [0, 0.1) is 0 Å². The van der Waals surface area contributed by atoms with Crippen molar-refractivity contribution in [2.45, 2.75) is 25.3 Å². The number of halogens is 1. The summed E-state index contributed by atoms with van der Waals surface area (Å²) in [4.78, 5) is 4.05. The lowest BCUT2D eigenvalue weighted by atomic mass is 10.4. The third-order valence-corrected chi connectivity index (χ3v) is 1.71. The van der Waals surface area contributed by atoms with E-state index < -0.39 is 0 Å². The highest BCUT2D eigenvalue weighted by Gasteiger charge is 2.15. The Hall–Kier alpha value is -0.610. The molecule has 12 heavy (non-hydrogen) atoms. The van der Waals surface area contributed by atoms with Gasteiger partial charge in [-0.1, -0.05) is 5.16 Å². The maximum absolute atomic E-state index is 5.74. The Labute approximate surface area is 75.9 Å². The lowest BCUT2D eigenvalue weighted by Crippen LogP contribution is -1.96. The van der Waals surface area contributed by atoms with Crippen LogP contribution in [0.25, 0.3) is 0 Å². The predicted octanol–water partition coefficient (Wildman–Crippen LogP) is 2.08. The molecule has 0 aliphatic rings. The van der Waals surface area contributed by atoms with Crippen LogP contribution in [0.2, 0.25) is 0 Å². The zero-order valence-corrected chi connectivity index (χ0v) is 8.00. The van der Waals surface area contributed by atoms with Crippen molar-refractivity contribution >= 4 is 11.6 Å². The number of methoxy groups -OCH3 is 1. The number of ether oxygens (including phenoxy) is 1. The van der Waals surface area contributed by atoms with E-state index in [-0.39, 0.29) is 11.5 Å². The highest BCUT2D eigenvalue weighted by Crippen LogP contribution is 2.19. The standard InChI is InChI=1S/C7H11ClN2O2/c1-4(8)6-9-7(12-10-6)5(2)11-3/h4-5H,1-3H3. The Balaban J connectivity index is 2.77. The van der Waals surface area contributed by atoms with Gasteiger partial charge >= 0.3 is 0 Å². The number of alkyl halides is 1. The van der Waals surface area contributed by atoms with Gasteiger partial charge in [-0.15, -0.1) is 11.6 Å². The fourth-order valence-electron chi connectivity index (χ4n) is 0.675. The molecule has 2 unspecified atom stereocenters. The van der Waals surface area contributed by atoms with E-state index in [0.29, 0.717) is 11.7 Å². The fraction of sp³-hybridized carbons (Fsp3) is 0.714. The molecule has 0 saturated carbocycles. The average Bonchev–Trinajstić information content (AvgIpc) is 2.51. The summed E-state index contributed by atoms with van der Waals surface area (Å²) >= 11 is 5.74. The normalized spacial score (nSPS) is 16.0. The average molecular weight is 191 g/mol. The summed E-state index contributed by atoms with van der Waals surface area (Å²) in [5, 5.41) is 3.46. The van der Waals surface area contributed by atoms with Crippen LogP contribution in [-0.4, -0.2) is 17.3 Å². The predicted molar refractivity (Wildman–Crippen MR) is 44.0 cm³/mol. The van der Waals surface area contributed by atoms with Crippen molar-refractivity contribution in [2.24, 2.45) is 0 Å². The van der Waals surface area contributed by atoms with Gasteiger partial charge in [-0.25, -0.2) is 0 Å². The second-order valence-electron chi connectivity index (χ2n) is 2.48. The van der Waals surface area contributed by atoms with Gasteiger partial charge in [0, 0.05) is 7.11 Å². The SMILES string of the molecule is COC(C)c1nc(C(C)Cl)no1. The maximum atomic E-state index is 5.74. The molecule has 0 radical (unpaired) electrons. The van der Waals surface area contributed by atoms with Crippen LogP contribution in [0.5, 0.6) is 0 Å². The molecule has 0 amide bonds. The van der Waals surface area contributed by atoms with Crippen LogP contribution in [0.15, 0.2) is 4.52 Å². The van der Waals surface area contributed by atoms with Gasteiger partial charge in [-0.05, 0) is 13.8 Å². The highest BCUT2D eigenvalue weighted by atomic mass is 35.5. The van der Waals surface area contributed by atoms with E-state index in [2.05, 4.69) is 10.1 Å². The summed E-state index contributed by atoms with van der Waals surface area (Å²) in [5.41, 5.74) is 0. The molecule has 68 valence electrons. The molecule has 0 fully saturated rings. The zero-order valence-electron chi connectivity index (χ0n) is 7.24. The van der Waals surface area contributed by atoms with Crippen LogP contribution in [0.4, 0.5) is 0 Å². The van der Waals surface area contributed by atoms with Crippen LogP contribution < -0.4 is 0 Å². The van der Waals surface area contributed by atoms with E-state index in [1.165, 1.54) is 0 Å². The largest absolute Gasteiger partial charge is 0.372 e. The molecular formula is C7H11ClN2O2. The van der Waals surface area contributed by atoms with E-state index in [1.807, 2.05) is 6.92 Å². The van der Waals surface area contributed by atoms with Gasteiger partial charge in [0.1, 0.15) is 6.10 Å². The topological polar surface area (TPSA) is 48.2 Å². The fourth-order valence-corrected chi connectivity index (χ4v) is 0.763. The van der Waals surface area contributed by atoms with Crippen LogP contribution in [-0.2, 0) is 4.74 Å². The van der Waals surface area contributed by atoms with Crippen LogP contribution in [0.3, 0.4) is 0 Å². The first-order valence-corrected chi connectivity index (χ1v) is 4.09. The summed E-state index contributed by atoms with van der Waals surface area (Å²) in [6.45, 7) is 3.61. The first-order valence-electron chi connectivity index (χ1n) is 3.65. The minimum Gasteiger partial charge on any atom is -0.372 e. The third-order valence-electron chi connectivity index (χ3n) is 1.51. The second kappa shape index (κ2) is 3.87. The summed E-state index contributed by atoms with van der Waals surface area (Å²) in [7, 11) is 1.58. The number of hydrogen-bond acceptors (Lipinski definition) is 4. The highest BCUT2D eigenvalue weighted by molar-refractivity contribution is 6.20. The van der Waals surface area contributed by atoms with E-state index in [4.69, 9.17) is 20.9 Å². The van der Waals surface area contributed by atoms with Crippen molar-refractivity contribution < 1.29 is 9.26 Å². The molecule has 1 aromatic rings. The summed E-state index contributed by atoms with van der Waals surface area (Å²) < 4.78 is 9.90. The minimum absolute atomic E-state index is 0.179. The van der Waals surface area contributed by atoms with E-state index >= 15 is 0 Å². The Kier molecular flexibility index (Phi) is 3.05. The Morgan fingerprint density at radius 3 is 2.58 bits per heavy atom. The van der Waals surface area contributed by atoms with Crippen molar-refractivity contribution in [2.75, 3.05) is 7.11 Å². The van der Waals surface area contributed by atoms with Gasteiger partial charge < -0.3 is 9.26 Å². The molecule has 0 saturated heterocycles. The van der Waals surface area contributed by atoms with Crippen molar-refractivity contribution in [1.29, 1.82) is 0 Å². The number of hydrogen-bond donors (Lipinski definition) is 0. The summed E-state index contributed by atoms with van der Waals surface area (Å²) in [6.07, 6.45) is -0.179. The van der Waals surface area contributed by atoms with Crippen molar-refractivity contribution in [3.8, 4) is 0 Å². The molecule has 2 atom stereocenters. The zero-order chi connectivity index (χ0) is 9.14. The molecule has 1 rings (SSSR count). The molecule has 0 aliphatic carbocycles. The Morgan fingerprint density at radius 2 is 2.17 bits per heavy atom. The maximum Gasteiger partial charge on any atom is 0.255 e. The molecular weight excluding hydrogens is 180 g/mol. The third kappa shape index (κ3) is 1.95. The lowest BCUT2D eigenvalue weighted by molar-refractivity contribution is 0.0886. The van der Waals surface area contributed by atoms with Gasteiger partial charge in [0.25, 0.3) is 5.89 Å². The van der Waals surface area contributed by atoms with Crippen molar-refractivity contribution in [1.82, 2.24) is 10.1 Å². The lowest BCUT2D eigenvalue weighted by Gasteiger charge is -2.00. The molecule has 1 aromatic heterocycles. The molecule has 1 heterocycles. The molecule has 0 aliphatic heterocycles.